The molecule has 13 heavy (non-hydrogen) atoms. The topological polar surface area (TPSA) is 49.3 Å². The minimum absolute atomic E-state index is 0.168. The summed E-state index contributed by atoms with van der Waals surface area (Å²) in [5.74, 6) is -0.168. The highest BCUT2D eigenvalue weighted by Gasteiger charge is 2.35. The van der Waals surface area contributed by atoms with Crippen LogP contribution in [0, 0.1) is 0 Å². The van der Waals surface area contributed by atoms with Crippen LogP contribution < -0.4 is 5.32 Å². The van der Waals surface area contributed by atoms with E-state index in [4.69, 9.17) is 0 Å². The van der Waals surface area contributed by atoms with Crippen molar-refractivity contribution in [2.75, 3.05) is 6.54 Å². The van der Waals surface area contributed by atoms with Crippen molar-refractivity contribution >= 4 is 5.91 Å². The lowest BCUT2D eigenvalue weighted by molar-refractivity contribution is -0.140. The van der Waals surface area contributed by atoms with Gasteiger partial charge < -0.3 is 10.4 Å². The Bertz CT molecular complexity index is 182. The Morgan fingerprint density at radius 3 is 3.00 bits per heavy atom. The predicted octanol–water partition coefficient (Wildman–Crippen LogP) is 1.21. The average molecular weight is 185 g/mol. The number of hydrogen-bond donors (Lipinski definition) is 2. The minimum atomic E-state index is -1.08. The van der Waals surface area contributed by atoms with Crippen LogP contribution in [0.1, 0.15) is 45.4 Å². The molecule has 1 fully saturated rings. The van der Waals surface area contributed by atoms with Crippen molar-refractivity contribution in [1.82, 2.24) is 5.32 Å². The third kappa shape index (κ3) is 2.69. The zero-order valence-electron chi connectivity index (χ0n) is 8.31. The van der Waals surface area contributed by atoms with Gasteiger partial charge in [-0.2, -0.15) is 0 Å². The van der Waals surface area contributed by atoms with E-state index < -0.39 is 5.60 Å². The van der Waals surface area contributed by atoms with Crippen molar-refractivity contribution in [1.29, 1.82) is 0 Å². The molecule has 1 atom stereocenters. The van der Waals surface area contributed by atoms with Gasteiger partial charge >= 0.3 is 0 Å². The molecular formula is C10H19NO2. The zero-order valence-corrected chi connectivity index (χ0v) is 8.31. The number of rotatable bonds is 3. The van der Waals surface area contributed by atoms with Crippen molar-refractivity contribution in [3.8, 4) is 0 Å². The Balaban J connectivity index is 2.54. The summed E-state index contributed by atoms with van der Waals surface area (Å²) in [4.78, 5) is 11.5. The third-order valence-corrected chi connectivity index (χ3v) is 2.67. The Kier molecular flexibility index (Phi) is 3.72. The molecule has 2 N–H and O–H groups in total. The first kappa shape index (κ1) is 10.5. The maximum absolute atomic E-state index is 11.5. The molecule has 0 aromatic heterocycles. The van der Waals surface area contributed by atoms with E-state index in [-0.39, 0.29) is 5.91 Å². The molecule has 0 saturated carbocycles. The van der Waals surface area contributed by atoms with E-state index in [2.05, 4.69) is 12.2 Å². The SMILES string of the molecule is CCCCC1(O)CCCCNC1=O. The molecule has 0 aromatic rings. The highest BCUT2D eigenvalue weighted by atomic mass is 16.3. The lowest BCUT2D eigenvalue weighted by atomic mass is 9.91. The molecule has 1 aliphatic rings. The maximum Gasteiger partial charge on any atom is 0.251 e. The van der Waals surface area contributed by atoms with Gasteiger partial charge in [-0.15, -0.1) is 0 Å². The second-order valence-corrected chi connectivity index (χ2v) is 3.85. The lowest BCUT2D eigenvalue weighted by Crippen LogP contribution is -2.45. The number of aliphatic hydroxyl groups is 1. The summed E-state index contributed by atoms with van der Waals surface area (Å²) in [6, 6.07) is 0. The lowest BCUT2D eigenvalue weighted by Gasteiger charge is -2.24. The van der Waals surface area contributed by atoms with Gasteiger partial charge in [-0.25, -0.2) is 0 Å². The zero-order chi connectivity index (χ0) is 9.73. The summed E-state index contributed by atoms with van der Waals surface area (Å²) in [6.07, 6.45) is 5.10. The highest BCUT2D eigenvalue weighted by molar-refractivity contribution is 5.85. The van der Waals surface area contributed by atoms with E-state index in [0.717, 1.165) is 25.7 Å². The van der Waals surface area contributed by atoms with Crippen LogP contribution in [-0.2, 0) is 4.79 Å². The molecule has 1 saturated heterocycles. The molecule has 0 aromatic carbocycles. The maximum atomic E-state index is 11.5. The van der Waals surface area contributed by atoms with Crippen molar-refractivity contribution in [2.24, 2.45) is 0 Å². The monoisotopic (exact) mass is 185 g/mol. The molecule has 76 valence electrons. The van der Waals surface area contributed by atoms with E-state index in [1.54, 1.807) is 0 Å². The number of nitrogens with one attached hydrogen (secondary N) is 1. The van der Waals surface area contributed by atoms with Crippen LogP contribution in [0.25, 0.3) is 0 Å². The predicted molar refractivity (Wildman–Crippen MR) is 51.3 cm³/mol. The molecule has 0 bridgehead atoms. The van der Waals surface area contributed by atoms with Crippen LogP contribution in [0.2, 0.25) is 0 Å². The summed E-state index contributed by atoms with van der Waals surface area (Å²) in [6.45, 7) is 2.78. The molecule has 1 aliphatic heterocycles. The molecule has 0 spiro atoms. The first-order valence-corrected chi connectivity index (χ1v) is 5.20. The summed E-state index contributed by atoms with van der Waals surface area (Å²) in [5.41, 5.74) is -1.08. The number of hydrogen-bond acceptors (Lipinski definition) is 2. The van der Waals surface area contributed by atoms with Gasteiger partial charge in [-0.3, -0.25) is 4.79 Å². The minimum Gasteiger partial charge on any atom is -0.380 e. The van der Waals surface area contributed by atoms with Gasteiger partial charge in [0.2, 0.25) is 0 Å². The van der Waals surface area contributed by atoms with E-state index >= 15 is 0 Å². The molecule has 1 rings (SSSR count). The summed E-state index contributed by atoms with van der Waals surface area (Å²) < 4.78 is 0. The number of carbonyl (C=O) groups is 1. The van der Waals surface area contributed by atoms with Crippen molar-refractivity contribution in [3.05, 3.63) is 0 Å². The van der Waals surface area contributed by atoms with Gasteiger partial charge in [-0.05, 0) is 25.7 Å². The summed E-state index contributed by atoms with van der Waals surface area (Å²) >= 11 is 0. The van der Waals surface area contributed by atoms with E-state index in [0.29, 0.717) is 19.4 Å². The third-order valence-electron chi connectivity index (χ3n) is 2.67. The van der Waals surface area contributed by atoms with Gasteiger partial charge in [0.05, 0.1) is 0 Å². The Morgan fingerprint density at radius 2 is 2.31 bits per heavy atom. The molecule has 0 aliphatic carbocycles. The second kappa shape index (κ2) is 4.61. The first-order chi connectivity index (χ1) is 6.19. The average Bonchev–Trinajstić information content (AvgIpc) is 2.28. The molecule has 0 radical (unpaired) electrons. The van der Waals surface area contributed by atoms with Crippen LogP contribution in [0.3, 0.4) is 0 Å². The van der Waals surface area contributed by atoms with Gasteiger partial charge in [0, 0.05) is 6.54 Å². The van der Waals surface area contributed by atoms with Crippen LogP contribution in [-0.4, -0.2) is 23.2 Å². The smallest absolute Gasteiger partial charge is 0.251 e. The molecule has 1 amide bonds. The Morgan fingerprint density at radius 1 is 1.54 bits per heavy atom. The fraction of sp³-hybridized carbons (Fsp3) is 0.900. The Hall–Kier alpha value is -0.570. The second-order valence-electron chi connectivity index (χ2n) is 3.85. The normalized spacial score (nSPS) is 29.5. The molecule has 3 heteroatoms. The Labute approximate surface area is 79.5 Å². The largest absolute Gasteiger partial charge is 0.380 e. The standard InChI is InChI=1S/C10H19NO2/c1-2-3-6-10(13)7-4-5-8-11-9(10)12/h13H,2-8H2,1H3,(H,11,12). The van der Waals surface area contributed by atoms with Crippen LogP contribution in [0.4, 0.5) is 0 Å². The van der Waals surface area contributed by atoms with Gasteiger partial charge in [-0.1, -0.05) is 19.8 Å². The van der Waals surface area contributed by atoms with Gasteiger partial charge in [0.1, 0.15) is 5.60 Å². The van der Waals surface area contributed by atoms with Crippen LogP contribution in [0.5, 0.6) is 0 Å². The fourth-order valence-electron chi connectivity index (χ4n) is 1.73. The van der Waals surface area contributed by atoms with Crippen molar-refractivity contribution in [2.45, 2.75) is 51.0 Å². The first-order valence-electron chi connectivity index (χ1n) is 5.20. The molecule has 3 nitrogen and oxygen atoms in total. The highest BCUT2D eigenvalue weighted by Crippen LogP contribution is 2.23. The number of unbranched alkanes of at least 4 members (excludes halogenated alkanes) is 1. The fourth-order valence-corrected chi connectivity index (χ4v) is 1.73. The number of amides is 1. The summed E-state index contributed by atoms with van der Waals surface area (Å²) in [7, 11) is 0. The van der Waals surface area contributed by atoms with Crippen molar-refractivity contribution in [3.63, 3.8) is 0 Å². The van der Waals surface area contributed by atoms with Gasteiger partial charge in [0.15, 0.2) is 0 Å². The van der Waals surface area contributed by atoms with E-state index in [9.17, 15) is 9.90 Å². The van der Waals surface area contributed by atoms with E-state index in [1.165, 1.54) is 0 Å². The molecular weight excluding hydrogens is 166 g/mol. The van der Waals surface area contributed by atoms with Crippen LogP contribution in [0.15, 0.2) is 0 Å². The molecule has 1 unspecified atom stereocenters. The van der Waals surface area contributed by atoms with E-state index in [1.807, 2.05) is 0 Å². The van der Waals surface area contributed by atoms with Gasteiger partial charge in [0.25, 0.3) is 5.91 Å². The quantitative estimate of drug-likeness (QED) is 0.694. The summed E-state index contributed by atoms with van der Waals surface area (Å²) in [5, 5.41) is 12.8. The number of carbonyl (C=O) groups excluding carboxylic acids is 1. The van der Waals surface area contributed by atoms with Crippen molar-refractivity contribution < 1.29 is 9.90 Å². The van der Waals surface area contributed by atoms with Crippen LogP contribution >= 0.6 is 0 Å². The molecule has 1 heterocycles.